The molecule has 0 saturated carbocycles. The number of nitrogens with two attached hydrogens (primary N) is 1. The highest BCUT2D eigenvalue weighted by Crippen LogP contribution is 2.44. The van der Waals surface area contributed by atoms with Crippen LogP contribution >= 0.6 is 0 Å². The van der Waals surface area contributed by atoms with Gasteiger partial charge in [0.05, 0.1) is 17.6 Å². The summed E-state index contributed by atoms with van der Waals surface area (Å²) < 4.78 is 0. The molecule has 4 rings (SSSR count). The number of nitrogens with zero attached hydrogens (tertiary/aromatic N) is 4. The van der Waals surface area contributed by atoms with E-state index in [1.807, 2.05) is 43.3 Å². The summed E-state index contributed by atoms with van der Waals surface area (Å²) >= 11 is 0. The van der Waals surface area contributed by atoms with E-state index in [-0.39, 0.29) is 17.3 Å². The van der Waals surface area contributed by atoms with Crippen molar-refractivity contribution in [3.63, 3.8) is 0 Å². The van der Waals surface area contributed by atoms with E-state index in [4.69, 9.17) is 10.7 Å². The number of hydrogen-bond donors (Lipinski definition) is 1. The van der Waals surface area contributed by atoms with E-state index in [1.54, 1.807) is 25.5 Å². The van der Waals surface area contributed by atoms with E-state index >= 15 is 0 Å². The second-order valence-corrected chi connectivity index (χ2v) is 9.97. The van der Waals surface area contributed by atoms with Crippen molar-refractivity contribution >= 4 is 11.9 Å². The fourth-order valence-corrected chi connectivity index (χ4v) is 4.44. The van der Waals surface area contributed by atoms with Crippen LogP contribution < -0.4 is 5.73 Å². The Hall–Kier alpha value is -3.98. The zero-order valence-corrected chi connectivity index (χ0v) is 20.2. The number of nitriles is 1. The molecule has 0 radical (unpaired) electrons. The molecule has 3 aromatic rings. The molecule has 2 aromatic carbocycles. The quantitative estimate of drug-likeness (QED) is 0.624. The third-order valence-corrected chi connectivity index (χ3v) is 6.59. The van der Waals surface area contributed by atoms with Gasteiger partial charge in [0, 0.05) is 25.0 Å². The van der Waals surface area contributed by atoms with E-state index in [0.29, 0.717) is 5.56 Å². The Labute approximate surface area is 200 Å². The lowest BCUT2D eigenvalue weighted by atomic mass is 9.74. The normalized spacial score (nSPS) is 20.6. The SMILES string of the molecule is CN1C(=O)[C@@H](c2ccc(C(C)(C)C)cc2)[C@@](C)(c2cncc(-c3cccc(C#N)c3)c2)N=C1N. The van der Waals surface area contributed by atoms with Crippen LogP contribution in [0, 0.1) is 11.3 Å². The molecule has 1 amide bonds. The predicted octanol–water partition coefficient (Wildman–Crippen LogP) is 4.70. The molecule has 2 atom stereocenters. The first-order valence-corrected chi connectivity index (χ1v) is 11.2. The Balaban J connectivity index is 1.85. The summed E-state index contributed by atoms with van der Waals surface area (Å²) in [5, 5.41) is 9.28. The molecule has 1 aliphatic rings. The maximum atomic E-state index is 13.6. The van der Waals surface area contributed by atoms with Crippen LogP contribution in [0.1, 0.15) is 55.9 Å². The number of guanidine groups is 1. The lowest BCUT2D eigenvalue weighted by Gasteiger charge is -2.41. The molecule has 2 N–H and O–H groups in total. The number of amides is 1. The smallest absolute Gasteiger partial charge is 0.239 e. The molecule has 2 heterocycles. The van der Waals surface area contributed by atoms with Crippen molar-refractivity contribution in [2.45, 2.75) is 44.6 Å². The Morgan fingerprint density at radius 3 is 2.41 bits per heavy atom. The molecular formula is C28H29N5O. The van der Waals surface area contributed by atoms with Crippen LogP contribution in [0.15, 0.2) is 72.0 Å². The summed E-state index contributed by atoms with van der Waals surface area (Å²) in [4.78, 5) is 24.3. The summed E-state index contributed by atoms with van der Waals surface area (Å²) in [5.74, 6) is -0.511. The van der Waals surface area contributed by atoms with Crippen molar-refractivity contribution in [2.24, 2.45) is 10.7 Å². The first kappa shape index (κ1) is 23.2. The van der Waals surface area contributed by atoms with Gasteiger partial charge >= 0.3 is 0 Å². The zero-order chi connectivity index (χ0) is 24.7. The van der Waals surface area contributed by atoms with Gasteiger partial charge in [-0.05, 0) is 52.8 Å². The van der Waals surface area contributed by atoms with E-state index in [2.05, 4.69) is 44.0 Å². The number of aromatic nitrogens is 1. The summed E-state index contributed by atoms with van der Waals surface area (Å²) in [5.41, 5.74) is 10.4. The monoisotopic (exact) mass is 451 g/mol. The molecule has 34 heavy (non-hydrogen) atoms. The van der Waals surface area contributed by atoms with Crippen molar-refractivity contribution < 1.29 is 4.79 Å². The highest BCUT2D eigenvalue weighted by molar-refractivity contribution is 6.02. The standard InChI is InChI=1S/C28H29N5O/c1-27(2,3)22-11-9-19(10-12-22)24-25(34)33(5)26(30)32-28(24,4)23-14-21(16-31-17-23)20-8-6-7-18(13-20)15-29/h6-14,16-17,24H,1-5H3,(H2,30,32)/t24-,28-/m1/s1. The average molecular weight is 452 g/mol. The van der Waals surface area contributed by atoms with E-state index < -0.39 is 11.5 Å². The Kier molecular flexibility index (Phi) is 5.74. The summed E-state index contributed by atoms with van der Waals surface area (Å²) in [6, 6.07) is 19.7. The average Bonchev–Trinajstić information content (AvgIpc) is 2.82. The Bertz CT molecular complexity index is 1310. The number of hydrogen-bond acceptors (Lipinski definition) is 5. The van der Waals surface area contributed by atoms with Gasteiger partial charge in [0.25, 0.3) is 0 Å². The maximum Gasteiger partial charge on any atom is 0.239 e. The lowest BCUT2D eigenvalue weighted by molar-refractivity contribution is -0.130. The minimum atomic E-state index is -0.952. The summed E-state index contributed by atoms with van der Waals surface area (Å²) in [7, 11) is 1.65. The summed E-state index contributed by atoms with van der Waals surface area (Å²) in [6.07, 6.45) is 3.49. The minimum Gasteiger partial charge on any atom is -0.369 e. The van der Waals surface area contributed by atoms with Gasteiger partial charge in [-0.3, -0.25) is 14.7 Å². The van der Waals surface area contributed by atoms with E-state index in [1.165, 1.54) is 10.5 Å². The maximum absolute atomic E-state index is 13.6. The molecule has 0 fully saturated rings. The molecule has 1 aliphatic heterocycles. The van der Waals surface area contributed by atoms with Crippen molar-refractivity contribution in [3.8, 4) is 17.2 Å². The lowest BCUT2D eigenvalue weighted by Crippen LogP contribution is -2.52. The third kappa shape index (κ3) is 4.06. The molecule has 1 aromatic heterocycles. The van der Waals surface area contributed by atoms with Crippen LogP contribution in [0.3, 0.4) is 0 Å². The van der Waals surface area contributed by atoms with Gasteiger partial charge in [0.1, 0.15) is 5.54 Å². The number of benzene rings is 2. The van der Waals surface area contributed by atoms with Crippen LogP contribution in [0.4, 0.5) is 0 Å². The highest BCUT2D eigenvalue weighted by atomic mass is 16.2. The molecule has 0 spiro atoms. The topological polar surface area (TPSA) is 95.4 Å². The minimum absolute atomic E-state index is 0.00793. The van der Waals surface area contributed by atoms with Crippen molar-refractivity contribution in [1.82, 2.24) is 9.88 Å². The predicted molar refractivity (Wildman–Crippen MR) is 134 cm³/mol. The van der Waals surface area contributed by atoms with Gasteiger partial charge < -0.3 is 5.73 Å². The first-order chi connectivity index (χ1) is 16.0. The Morgan fingerprint density at radius 2 is 1.76 bits per heavy atom. The second-order valence-electron chi connectivity index (χ2n) is 9.97. The molecule has 6 heteroatoms. The van der Waals surface area contributed by atoms with Crippen LogP contribution in [0.2, 0.25) is 0 Å². The van der Waals surface area contributed by atoms with Gasteiger partial charge in [0.15, 0.2) is 5.96 Å². The number of likely N-dealkylation sites (N-methyl/N-ethyl adjacent to an activating group) is 1. The number of rotatable bonds is 3. The van der Waals surface area contributed by atoms with Gasteiger partial charge in [-0.15, -0.1) is 0 Å². The largest absolute Gasteiger partial charge is 0.369 e. The molecule has 6 nitrogen and oxygen atoms in total. The number of pyridine rings is 1. The van der Waals surface area contributed by atoms with Crippen molar-refractivity contribution in [1.29, 1.82) is 5.26 Å². The van der Waals surface area contributed by atoms with Crippen LogP contribution in [-0.2, 0) is 15.7 Å². The fraction of sp³-hybridized carbons (Fsp3) is 0.286. The van der Waals surface area contributed by atoms with Crippen LogP contribution in [0.5, 0.6) is 0 Å². The van der Waals surface area contributed by atoms with Gasteiger partial charge in [-0.25, -0.2) is 4.99 Å². The fourth-order valence-electron chi connectivity index (χ4n) is 4.44. The molecule has 0 bridgehead atoms. The Morgan fingerprint density at radius 1 is 1.06 bits per heavy atom. The first-order valence-electron chi connectivity index (χ1n) is 11.2. The second kappa shape index (κ2) is 8.42. The van der Waals surface area contributed by atoms with Gasteiger partial charge in [-0.2, -0.15) is 5.26 Å². The van der Waals surface area contributed by atoms with Crippen molar-refractivity contribution in [3.05, 3.63) is 89.2 Å². The molecule has 0 unspecified atom stereocenters. The van der Waals surface area contributed by atoms with Gasteiger partial charge in [-0.1, -0.05) is 57.2 Å². The highest BCUT2D eigenvalue weighted by Gasteiger charge is 2.47. The number of carbonyl (C=O) groups excluding carboxylic acids is 1. The zero-order valence-electron chi connectivity index (χ0n) is 20.2. The van der Waals surface area contributed by atoms with Crippen LogP contribution in [-0.4, -0.2) is 28.8 Å². The van der Waals surface area contributed by atoms with Gasteiger partial charge in [0.2, 0.25) is 5.91 Å². The number of aliphatic imine (C=N–C) groups is 1. The number of carbonyl (C=O) groups is 1. The molecular weight excluding hydrogens is 422 g/mol. The van der Waals surface area contributed by atoms with Crippen molar-refractivity contribution in [2.75, 3.05) is 7.05 Å². The van der Waals surface area contributed by atoms with E-state index in [9.17, 15) is 10.1 Å². The summed E-state index contributed by atoms with van der Waals surface area (Å²) in [6.45, 7) is 8.42. The van der Waals surface area contributed by atoms with Crippen LogP contribution in [0.25, 0.3) is 11.1 Å². The molecule has 0 aliphatic carbocycles. The molecule has 0 saturated heterocycles. The molecule has 172 valence electrons. The third-order valence-electron chi connectivity index (χ3n) is 6.59. The van der Waals surface area contributed by atoms with E-state index in [0.717, 1.165) is 22.3 Å².